The van der Waals surface area contributed by atoms with Crippen LogP contribution in [0.3, 0.4) is 0 Å². The molecule has 0 bridgehead atoms. The number of hydrogen-bond acceptors (Lipinski definition) is 7. The van der Waals surface area contributed by atoms with Gasteiger partial charge in [0.05, 0.1) is 31.6 Å². The number of aryl methyl sites for hydroxylation is 1. The molecule has 1 N–H and O–H groups in total. The minimum atomic E-state index is -0.253. The molecule has 1 amide bonds. The Balaban J connectivity index is 1.72. The van der Waals surface area contributed by atoms with Gasteiger partial charge in [-0.05, 0) is 18.6 Å². The topological polar surface area (TPSA) is 108 Å². The van der Waals surface area contributed by atoms with Crippen LogP contribution in [0.4, 0.5) is 5.82 Å². The summed E-state index contributed by atoms with van der Waals surface area (Å²) in [4.78, 5) is 35.6. The maximum Gasteiger partial charge on any atom is 0.229 e. The number of hydrogen-bond donors (Lipinski definition) is 1. The molecule has 1 fully saturated rings. The van der Waals surface area contributed by atoms with Crippen molar-refractivity contribution in [3.63, 3.8) is 0 Å². The van der Waals surface area contributed by atoms with Crippen LogP contribution in [0.1, 0.15) is 6.42 Å². The zero-order valence-electron chi connectivity index (χ0n) is 15.7. The van der Waals surface area contributed by atoms with Gasteiger partial charge in [0.1, 0.15) is 24.0 Å². The molecule has 2 unspecified atom stereocenters. The molecule has 2 atom stereocenters. The smallest absolute Gasteiger partial charge is 0.229 e. The molecule has 144 valence electrons. The zero-order chi connectivity index (χ0) is 19.8. The highest BCUT2D eigenvalue weighted by atomic mass is 16.5. The quantitative estimate of drug-likeness (QED) is 0.649. The summed E-state index contributed by atoms with van der Waals surface area (Å²) < 4.78 is 12.7. The van der Waals surface area contributed by atoms with Crippen molar-refractivity contribution in [3.8, 4) is 23.0 Å². The van der Waals surface area contributed by atoms with Crippen LogP contribution in [0.5, 0.6) is 11.8 Å². The van der Waals surface area contributed by atoms with E-state index < -0.39 is 0 Å². The average molecular weight is 381 g/mol. The van der Waals surface area contributed by atoms with Crippen LogP contribution >= 0.6 is 0 Å². The number of nitrogens with zero attached hydrogens (tertiary/aromatic N) is 4. The normalized spacial score (nSPS) is 18.0. The predicted octanol–water partition coefficient (Wildman–Crippen LogP) is 1.82. The number of ether oxygens (including phenoxy) is 2. The fourth-order valence-electron chi connectivity index (χ4n) is 3.31. The van der Waals surface area contributed by atoms with Crippen LogP contribution in [0.2, 0.25) is 0 Å². The summed E-state index contributed by atoms with van der Waals surface area (Å²) in [5.41, 5.74) is 2.28. The highest BCUT2D eigenvalue weighted by molar-refractivity contribution is 5.98. The zero-order valence-corrected chi connectivity index (χ0v) is 15.7. The predicted molar refractivity (Wildman–Crippen MR) is 101 cm³/mol. The number of methoxy groups -OCH3 is 2. The molecule has 1 aliphatic rings. The van der Waals surface area contributed by atoms with Crippen LogP contribution in [0, 0.1) is 11.8 Å². The Labute approximate surface area is 160 Å². The van der Waals surface area contributed by atoms with Crippen molar-refractivity contribution < 1.29 is 19.1 Å². The van der Waals surface area contributed by atoms with Crippen molar-refractivity contribution >= 4 is 28.9 Å². The van der Waals surface area contributed by atoms with Crippen LogP contribution in [-0.2, 0) is 16.6 Å². The fraction of sp³-hybridized carbons (Fsp3) is 0.316. The largest absolute Gasteiger partial charge is 0.480 e. The molecule has 3 aromatic heterocycles. The number of nitrogens with one attached hydrogen (secondary N) is 1. The van der Waals surface area contributed by atoms with Crippen molar-refractivity contribution in [1.82, 2.24) is 19.5 Å². The minimum absolute atomic E-state index is 0.176. The number of pyridine rings is 1. The lowest BCUT2D eigenvalue weighted by molar-refractivity contribution is -0.119. The van der Waals surface area contributed by atoms with Crippen LogP contribution in [-0.4, -0.2) is 45.9 Å². The van der Waals surface area contributed by atoms with Crippen molar-refractivity contribution in [2.45, 2.75) is 6.42 Å². The van der Waals surface area contributed by atoms with Gasteiger partial charge >= 0.3 is 0 Å². The Kier molecular flexibility index (Phi) is 4.42. The molecule has 4 rings (SSSR count). The van der Waals surface area contributed by atoms with Gasteiger partial charge in [-0.15, -0.1) is 0 Å². The first kappa shape index (κ1) is 17.9. The highest BCUT2D eigenvalue weighted by Crippen LogP contribution is 2.39. The van der Waals surface area contributed by atoms with Crippen LogP contribution in [0.25, 0.3) is 22.2 Å². The van der Waals surface area contributed by atoms with Gasteiger partial charge in [-0.1, -0.05) is 0 Å². The molecule has 0 aromatic carbocycles. The van der Waals surface area contributed by atoms with Gasteiger partial charge in [-0.25, -0.2) is 15.0 Å². The Morgan fingerprint density at radius 2 is 1.93 bits per heavy atom. The summed E-state index contributed by atoms with van der Waals surface area (Å²) in [7, 11) is 4.96. The third-order valence-electron chi connectivity index (χ3n) is 4.95. The van der Waals surface area contributed by atoms with Gasteiger partial charge in [0.15, 0.2) is 0 Å². The van der Waals surface area contributed by atoms with Gasteiger partial charge in [0, 0.05) is 24.3 Å². The SMILES string of the molecule is COc1ncnc(OC)c1-c1cc2cc(NC(=O)C3CC3C=O)ncc2n1C. The van der Waals surface area contributed by atoms with Gasteiger partial charge in [0.2, 0.25) is 17.7 Å². The molecule has 0 spiro atoms. The third kappa shape index (κ3) is 2.94. The molecule has 9 heteroatoms. The average Bonchev–Trinajstić information content (AvgIpc) is 3.45. The summed E-state index contributed by atoms with van der Waals surface area (Å²) in [5, 5.41) is 3.66. The lowest BCUT2D eigenvalue weighted by Crippen LogP contribution is -2.15. The van der Waals surface area contributed by atoms with Crippen molar-refractivity contribution in [2.24, 2.45) is 18.9 Å². The third-order valence-corrected chi connectivity index (χ3v) is 4.95. The molecule has 1 aliphatic carbocycles. The molecular weight excluding hydrogens is 362 g/mol. The summed E-state index contributed by atoms with van der Waals surface area (Å²) in [5.74, 6) is 0.622. The highest BCUT2D eigenvalue weighted by Gasteiger charge is 2.42. The maximum absolute atomic E-state index is 12.2. The second kappa shape index (κ2) is 6.91. The number of anilines is 1. The second-order valence-corrected chi connectivity index (χ2v) is 6.62. The maximum atomic E-state index is 12.2. The number of rotatable bonds is 6. The van der Waals surface area contributed by atoms with E-state index in [0.717, 1.165) is 22.9 Å². The Morgan fingerprint density at radius 3 is 2.54 bits per heavy atom. The molecule has 9 nitrogen and oxygen atoms in total. The lowest BCUT2D eigenvalue weighted by Gasteiger charge is -2.11. The number of carbonyl (C=O) groups excluding carboxylic acids is 2. The molecular formula is C19H19N5O4. The Morgan fingerprint density at radius 1 is 1.21 bits per heavy atom. The number of aldehydes is 1. The fourth-order valence-corrected chi connectivity index (χ4v) is 3.31. The van der Waals surface area contributed by atoms with E-state index in [0.29, 0.717) is 29.6 Å². The van der Waals surface area contributed by atoms with Crippen LogP contribution in [0.15, 0.2) is 24.7 Å². The molecule has 3 aromatic rings. The lowest BCUT2D eigenvalue weighted by atomic mass is 10.2. The van der Waals surface area contributed by atoms with E-state index in [4.69, 9.17) is 9.47 Å². The summed E-state index contributed by atoms with van der Waals surface area (Å²) in [6, 6.07) is 3.72. The van der Waals surface area contributed by atoms with Gasteiger partial charge in [0.25, 0.3) is 0 Å². The Bertz CT molecular complexity index is 1060. The molecule has 0 saturated heterocycles. The number of carbonyl (C=O) groups is 2. The molecule has 3 heterocycles. The summed E-state index contributed by atoms with van der Waals surface area (Å²) in [6.07, 6.45) is 4.48. The van der Waals surface area contributed by atoms with Crippen molar-refractivity contribution in [3.05, 3.63) is 24.7 Å². The second-order valence-electron chi connectivity index (χ2n) is 6.62. The van der Waals surface area contributed by atoms with E-state index in [2.05, 4.69) is 20.3 Å². The Hall–Kier alpha value is -3.49. The van der Waals surface area contributed by atoms with E-state index >= 15 is 0 Å². The molecule has 0 radical (unpaired) electrons. The molecule has 28 heavy (non-hydrogen) atoms. The molecule has 0 aliphatic heterocycles. The summed E-state index contributed by atoms with van der Waals surface area (Å²) in [6.45, 7) is 0. The first-order valence-electron chi connectivity index (χ1n) is 8.72. The van der Waals surface area contributed by atoms with Crippen molar-refractivity contribution in [2.75, 3.05) is 19.5 Å². The number of amides is 1. The van der Waals surface area contributed by atoms with E-state index in [-0.39, 0.29) is 17.7 Å². The first-order chi connectivity index (χ1) is 13.6. The minimum Gasteiger partial charge on any atom is -0.480 e. The van der Waals surface area contributed by atoms with Gasteiger partial charge in [-0.3, -0.25) is 4.79 Å². The number of aromatic nitrogens is 4. The van der Waals surface area contributed by atoms with E-state index in [9.17, 15) is 9.59 Å². The van der Waals surface area contributed by atoms with E-state index in [1.165, 1.54) is 20.5 Å². The standard InChI is InChI=1S/C19H19N5O4/c1-24-13(16-18(27-2)21-9-22-19(16)28-3)5-10-6-15(20-7-14(10)24)23-17(26)12-4-11(12)8-25/h5-9,11-12H,4H2,1-3H3,(H,20,23,26). The van der Waals surface area contributed by atoms with E-state index in [1.807, 2.05) is 17.7 Å². The number of fused-ring (bicyclic) bond motifs is 1. The summed E-state index contributed by atoms with van der Waals surface area (Å²) >= 11 is 0. The van der Waals surface area contributed by atoms with Gasteiger partial charge < -0.3 is 24.2 Å². The van der Waals surface area contributed by atoms with Crippen LogP contribution < -0.4 is 14.8 Å². The van der Waals surface area contributed by atoms with Crippen molar-refractivity contribution in [1.29, 1.82) is 0 Å². The first-order valence-corrected chi connectivity index (χ1v) is 8.72. The van der Waals surface area contributed by atoms with Gasteiger partial charge in [-0.2, -0.15) is 0 Å². The monoisotopic (exact) mass is 381 g/mol. The van der Waals surface area contributed by atoms with E-state index in [1.54, 1.807) is 12.3 Å². The molecule has 1 saturated carbocycles.